The third-order valence-corrected chi connectivity index (χ3v) is 5.38. The van der Waals surface area contributed by atoms with Gasteiger partial charge in [-0.05, 0) is 49.9 Å². The van der Waals surface area contributed by atoms with Crippen LogP contribution in [0.2, 0.25) is 0 Å². The molecule has 4 unspecified atom stereocenters. The average Bonchev–Trinajstić information content (AvgIpc) is 2.69. The summed E-state index contributed by atoms with van der Waals surface area (Å²) in [4.78, 5) is 0. The molecule has 20 heavy (non-hydrogen) atoms. The molecule has 4 atom stereocenters. The lowest BCUT2D eigenvalue weighted by Crippen LogP contribution is -2.61. The molecule has 3 rings (SSSR count). The Balaban J connectivity index is 1.58. The van der Waals surface area contributed by atoms with Gasteiger partial charge in [0.1, 0.15) is 6.17 Å². The van der Waals surface area contributed by atoms with Crippen molar-refractivity contribution in [1.29, 1.82) is 0 Å². The van der Waals surface area contributed by atoms with Gasteiger partial charge in [-0.3, -0.25) is 10.9 Å². The topological polar surface area (TPSA) is 48.5 Å². The van der Waals surface area contributed by atoms with E-state index in [-0.39, 0.29) is 0 Å². The molecule has 0 spiro atoms. The van der Waals surface area contributed by atoms with E-state index in [0.717, 1.165) is 24.3 Å². The Kier molecular flexibility index (Phi) is 4.94. The lowest BCUT2D eigenvalue weighted by molar-refractivity contribution is 0.0994. The lowest BCUT2D eigenvalue weighted by atomic mass is 9.77. The fourth-order valence-electron chi connectivity index (χ4n) is 4.15. The molecule has 2 aliphatic carbocycles. The lowest BCUT2D eigenvalue weighted by Gasteiger charge is -2.41. The van der Waals surface area contributed by atoms with E-state index in [2.05, 4.69) is 23.2 Å². The summed E-state index contributed by atoms with van der Waals surface area (Å²) in [6.45, 7) is 3.48. The highest BCUT2D eigenvalue weighted by atomic mass is 15.5. The van der Waals surface area contributed by atoms with Crippen LogP contribution in [0.3, 0.4) is 0 Å². The molecule has 4 heteroatoms. The maximum Gasteiger partial charge on any atom is 0.109 e. The second-order valence-electron chi connectivity index (χ2n) is 7.07. The molecular formula is C16H30N4. The summed E-state index contributed by atoms with van der Waals surface area (Å²) in [7, 11) is 0. The zero-order valence-corrected chi connectivity index (χ0v) is 12.8. The minimum absolute atomic E-state index is 0.320. The highest BCUT2D eigenvalue weighted by Gasteiger charge is 2.34. The normalized spacial score (nSPS) is 41.0. The van der Waals surface area contributed by atoms with Crippen LogP contribution >= 0.6 is 0 Å². The van der Waals surface area contributed by atoms with Gasteiger partial charge in [0, 0.05) is 12.3 Å². The highest BCUT2D eigenvalue weighted by Crippen LogP contribution is 2.32. The molecule has 3 N–H and O–H groups in total. The summed E-state index contributed by atoms with van der Waals surface area (Å²) in [6.07, 6.45) is 12.3. The summed E-state index contributed by atoms with van der Waals surface area (Å²) in [6, 6.07) is 0. The van der Waals surface area contributed by atoms with Crippen LogP contribution in [0.4, 0.5) is 0 Å². The van der Waals surface area contributed by atoms with Gasteiger partial charge in [-0.25, -0.2) is 5.43 Å². The first-order valence-electron chi connectivity index (χ1n) is 8.62. The first-order valence-corrected chi connectivity index (χ1v) is 8.62. The molecule has 0 radical (unpaired) electrons. The van der Waals surface area contributed by atoms with Crippen LogP contribution in [0, 0.1) is 17.8 Å². The third kappa shape index (κ3) is 3.53. The Morgan fingerprint density at radius 2 is 1.95 bits per heavy atom. The van der Waals surface area contributed by atoms with Crippen LogP contribution in [-0.2, 0) is 0 Å². The summed E-state index contributed by atoms with van der Waals surface area (Å²) < 4.78 is 0. The number of nitrogens with one attached hydrogen (secondary N) is 3. The monoisotopic (exact) mass is 278 g/mol. The van der Waals surface area contributed by atoms with Crippen molar-refractivity contribution in [2.75, 3.05) is 6.54 Å². The van der Waals surface area contributed by atoms with E-state index in [1.165, 1.54) is 63.5 Å². The first kappa shape index (κ1) is 14.3. The third-order valence-electron chi connectivity index (χ3n) is 5.38. The van der Waals surface area contributed by atoms with E-state index in [1.54, 1.807) is 0 Å². The van der Waals surface area contributed by atoms with Crippen molar-refractivity contribution >= 4 is 5.71 Å². The second kappa shape index (κ2) is 6.90. The zero-order valence-electron chi connectivity index (χ0n) is 12.8. The first-order chi connectivity index (χ1) is 9.83. The molecule has 3 fully saturated rings. The van der Waals surface area contributed by atoms with Gasteiger partial charge in [0.05, 0.1) is 0 Å². The largest absolute Gasteiger partial charge is 0.291 e. The molecule has 0 amide bonds. The van der Waals surface area contributed by atoms with Gasteiger partial charge in [0.25, 0.3) is 0 Å². The molecule has 0 aromatic carbocycles. The summed E-state index contributed by atoms with van der Waals surface area (Å²) >= 11 is 0. The molecular weight excluding hydrogens is 248 g/mol. The Bertz CT molecular complexity index is 339. The molecule has 2 saturated carbocycles. The molecule has 1 heterocycles. The van der Waals surface area contributed by atoms with E-state index >= 15 is 0 Å². The fourth-order valence-corrected chi connectivity index (χ4v) is 4.15. The van der Waals surface area contributed by atoms with E-state index in [9.17, 15) is 0 Å². The number of nitrogens with zero attached hydrogens (tertiary/aromatic N) is 1. The molecule has 0 bridgehead atoms. The molecule has 114 valence electrons. The minimum Gasteiger partial charge on any atom is -0.291 e. The van der Waals surface area contributed by atoms with Gasteiger partial charge >= 0.3 is 0 Å². The van der Waals surface area contributed by atoms with E-state index in [1.807, 2.05) is 0 Å². The van der Waals surface area contributed by atoms with Crippen LogP contribution in [0.15, 0.2) is 5.10 Å². The van der Waals surface area contributed by atoms with E-state index in [0.29, 0.717) is 6.17 Å². The molecule has 1 aliphatic heterocycles. The van der Waals surface area contributed by atoms with Crippen molar-refractivity contribution in [3.8, 4) is 0 Å². The van der Waals surface area contributed by atoms with E-state index in [4.69, 9.17) is 5.10 Å². The van der Waals surface area contributed by atoms with Gasteiger partial charge in [-0.1, -0.05) is 32.6 Å². The van der Waals surface area contributed by atoms with Crippen molar-refractivity contribution in [3.05, 3.63) is 0 Å². The molecule has 3 aliphatic rings. The maximum atomic E-state index is 4.77. The molecule has 1 saturated heterocycles. The summed E-state index contributed by atoms with van der Waals surface area (Å²) in [5, 5.41) is 4.77. The number of rotatable bonds is 2. The molecule has 4 nitrogen and oxygen atoms in total. The zero-order chi connectivity index (χ0) is 13.8. The molecule has 0 aromatic heterocycles. The SMILES string of the molecule is CC1CCCC/C(=N\NC2NNCC3CCCCC32)C1. The number of hydrogen-bond acceptors (Lipinski definition) is 4. The molecule has 0 aromatic rings. The van der Waals surface area contributed by atoms with Gasteiger partial charge in [-0.15, -0.1) is 0 Å². The van der Waals surface area contributed by atoms with Crippen molar-refractivity contribution in [2.45, 2.75) is 70.9 Å². The quantitative estimate of drug-likeness (QED) is 0.538. The Morgan fingerprint density at radius 3 is 2.90 bits per heavy atom. The number of hydrazone groups is 1. The number of hydrazine groups is 1. The van der Waals surface area contributed by atoms with Crippen molar-refractivity contribution in [3.63, 3.8) is 0 Å². The number of hydrogen-bond donors (Lipinski definition) is 3. The van der Waals surface area contributed by atoms with Gasteiger partial charge in [0.2, 0.25) is 0 Å². The van der Waals surface area contributed by atoms with Crippen LogP contribution in [0.1, 0.15) is 64.7 Å². The van der Waals surface area contributed by atoms with Crippen LogP contribution in [-0.4, -0.2) is 18.4 Å². The Morgan fingerprint density at radius 1 is 1.10 bits per heavy atom. The second-order valence-corrected chi connectivity index (χ2v) is 7.07. The summed E-state index contributed by atoms with van der Waals surface area (Å²) in [5.74, 6) is 2.38. The average molecular weight is 278 g/mol. The summed E-state index contributed by atoms with van der Waals surface area (Å²) in [5.41, 5.74) is 11.6. The van der Waals surface area contributed by atoms with Crippen molar-refractivity contribution < 1.29 is 0 Å². The fraction of sp³-hybridized carbons (Fsp3) is 0.938. The van der Waals surface area contributed by atoms with E-state index < -0.39 is 0 Å². The Hall–Kier alpha value is -0.610. The number of fused-ring (bicyclic) bond motifs is 1. The van der Waals surface area contributed by atoms with Crippen LogP contribution < -0.4 is 16.3 Å². The van der Waals surface area contributed by atoms with Crippen LogP contribution in [0.5, 0.6) is 0 Å². The van der Waals surface area contributed by atoms with Gasteiger partial charge in [-0.2, -0.15) is 5.10 Å². The Labute approximate surface area is 123 Å². The standard InChI is InChI=1S/C16H30N4/c1-12-6-2-4-8-14(10-12)18-20-16-15-9-5-3-7-13(15)11-17-19-16/h12-13,15-17,19-20H,2-11H2,1H3/b18-14+. The van der Waals surface area contributed by atoms with Crippen LogP contribution in [0.25, 0.3) is 0 Å². The van der Waals surface area contributed by atoms with Gasteiger partial charge in [0.15, 0.2) is 0 Å². The predicted molar refractivity (Wildman–Crippen MR) is 83.2 cm³/mol. The predicted octanol–water partition coefficient (Wildman–Crippen LogP) is 2.77. The minimum atomic E-state index is 0.320. The maximum absolute atomic E-state index is 4.77. The van der Waals surface area contributed by atoms with Crippen molar-refractivity contribution in [1.82, 2.24) is 16.3 Å². The smallest absolute Gasteiger partial charge is 0.109 e. The van der Waals surface area contributed by atoms with Crippen molar-refractivity contribution in [2.24, 2.45) is 22.9 Å². The van der Waals surface area contributed by atoms with Gasteiger partial charge < -0.3 is 0 Å². The highest BCUT2D eigenvalue weighted by molar-refractivity contribution is 5.84.